The number of rotatable bonds is 4. The normalized spacial score (nSPS) is 12.6. The molecule has 1 rings (SSSR count). The maximum Gasteiger partial charge on any atom is 0.133 e. The van der Waals surface area contributed by atoms with Crippen molar-refractivity contribution >= 4 is 5.82 Å². The first kappa shape index (κ1) is 10.9. The van der Waals surface area contributed by atoms with Crippen molar-refractivity contribution in [2.45, 2.75) is 13.0 Å². The van der Waals surface area contributed by atoms with E-state index in [1.165, 1.54) is 0 Å². The SMILES string of the molecule is CC(N)c1cccnc1N(C)CCO. The lowest BCUT2D eigenvalue weighted by Crippen LogP contribution is -2.24. The fourth-order valence-electron chi connectivity index (χ4n) is 1.34. The van der Waals surface area contributed by atoms with Crippen molar-refractivity contribution in [2.75, 3.05) is 25.1 Å². The lowest BCUT2D eigenvalue weighted by Gasteiger charge is -2.21. The first-order valence-corrected chi connectivity index (χ1v) is 4.69. The maximum absolute atomic E-state index is 8.83. The van der Waals surface area contributed by atoms with Crippen LogP contribution in [0.3, 0.4) is 0 Å². The quantitative estimate of drug-likeness (QED) is 0.735. The molecule has 1 heterocycles. The monoisotopic (exact) mass is 195 g/mol. The lowest BCUT2D eigenvalue weighted by molar-refractivity contribution is 0.303. The predicted octanol–water partition coefficient (Wildman–Crippen LogP) is 0.530. The highest BCUT2D eigenvalue weighted by molar-refractivity contribution is 5.47. The molecule has 1 aromatic heterocycles. The molecule has 0 fully saturated rings. The van der Waals surface area contributed by atoms with E-state index in [1.807, 2.05) is 31.0 Å². The topological polar surface area (TPSA) is 62.4 Å². The Morgan fingerprint density at radius 1 is 1.64 bits per heavy atom. The van der Waals surface area contributed by atoms with Crippen molar-refractivity contribution < 1.29 is 5.11 Å². The third-order valence-corrected chi connectivity index (χ3v) is 2.10. The molecule has 14 heavy (non-hydrogen) atoms. The van der Waals surface area contributed by atoms with E-state index in [0.717, 1.165) is 11.4 Å². The fourth-order valence-corrected chi connectivity index (χ4v) is 1.34. The molecule has 0 aromatic carbocycles. The molecule has 0 saturated heterocycles. The zero-order chi connectivity index (χ0) is 10.6. The van der Waals surface area contributed by atoms with Gasteiger partial charge in [-0.3, -0.25) is 0 Å². The summed E-state index contributed by atoms with van der Waals surface area (Å²) in [5, 5.41) is 8.83. The minimum absolute atomic E-state index is 0.0418. The van der Waals surface area contributed by atoms with Gasteiger partial charge in [0.05, 0.1) is 6.61 Å². The highest BCUT2D eigenvalue weighted by atomic mass is 16.3. The Morgan fingerprint density at radius 3 is 2.93 bits per heavy atom. The average Bonchev–Trinajstić information content (AvgIpc) is 2.18. The van der Waals surface area contributed by atoms with Gasteiger partial charge in [0.2, 0.25) is 0 Å². The Labute approximate surface area is 84.4 Å². The van der Waals surface area contributed by atoms with E-state index >= 15 is 0 Å². The number of pyridine rings is 1. The Morgan fingerprint density at radius 2 is 2.36 bits per heavy atom. The van der Waals surface area contributed by atoms with Crippen molar-refractivity contribution in [1.82, 2.24) is 4.98 Å². The third-order valence-electron chi connectivity index (χ3n) is 2.10. The first-order chi connectivity index (χ1) is 6.66. The molecular formula is C10H17N3O. The molecule has 0 spiro atoms. The van der Waals surface area contributed by atoms with Crippen LogP contribution in [-0.4, -0.2) is 30.3 Å². The molecule has 0 aliphatic heterocycles. The molecule has 0 radical (unpaired) electrons. The first-order valence-electron chi connectivity index (χ1n) is 4.69. The van der Waals surface area contributed by atoms with Gasteiger partial charge in [-0.25, -0.2) is 4.98 Å². The number of hydrogen-bond donors (Lipinski definition) is 2. The zero-order valence-corrected chi connectivity index (χ0v) is 8.64. The van der Waals surface area contributed by atoms with Crippen LogP contribution < -0.4 is 10.6 Å². The van der Waals surface area contributed by atoms with Gasteiger partial charge in [-0.05, 0) is 13.0 Å². The molecular weight excluding hydrogens is 178 g/mol. The summed E-state index contributed by atoms with van der Waals surface area (Å²) in [6.45, 7) is 2.61. The highest BCUT2D eigenvalue weighted by Crippen LogP contribution is 2.20. The van der Waals surface area contributed by atoms with Crippen molar-refractivity contribution in [3.05, 3.63) is 23.9 Å². The van der Waals surface area contributed by atoms with Gasteiger partial charge in [0.15, 0.2) is 0 Å². The Kier molecular flexibility index (Phi) is 3.85. The molecule has 78 valence electrons. The minimum atomic E-state index is -0.0418. The van der Waals surface area contributed by atoms with Gasteiger partial charge >= 0.3 is 0 Å². The number of aliphatic hydroxyl groups is 1. The van der Waals surface area contributed by atoms with Crippen LogP contribution in [0.5, 0.6) is 0 Å². The van der Waals surface area contributed by atoms with E-state index in [-0.39, 0.29) is 12.6 Å². The second-order valence-electron chi connectivity index (χ2n) is 3.35. The van der Waals surface area contributed by atoms with E-state index in [9.17, 15) is 0 Å². The van der Waals surface area contributed by atoms with Crippen LogP contribution >= 0.6 is 0 Å². The van der Waals surface area contributed by atoms with E-state index in [2.05, 4.69) is 4.98 Å². The molecule has 0 aliphatic carbocycles. The molecule has 4 heteroatoms. The predicted molar refractivity (Wildman–Crippen MR) is 57.2 cm³/mol. The second kappa shape index (κ2) is 4.93. The fraction of sp³-hybridized carbons (Fsp3) is 0.500. The van der Waals surface area contributed by atoms with Crippen LogP contribution in [0.25, 0.3) is 0 Å². The smallest absolute Gasteiger partial charge is 0.133 e. The van der Waals surface area contributed by atoms with Crippen molar-refractivity contribution in [3.63, 3.8) is 0 Å². The summed E-state index contributed by atoms with van der Waals surface area (Å²) in [7, 11) is 1.89. The van der Waals surface area contributed by atoms with E-state index in [1.54, 1.807) is 6.20 Å². The second-order valence-corrected chi connectivity index (χ2v) is 3.35. The Balaban J connectivity index is 2.94. The van der Waals surface area contributed by atoms with Gasteiger partial charge in [0.1, 0.15) is 5.82 Å². The summed E-state index contributed by atoms with van der Waals surface area (Å²) in [5.41, 5.74) is 6.82. The van der Waals surface area contributed by atoms with Gasteiger partial charge in [-0.2, -0.15) is 0 Å². The maximum atomic E-state index is 8.83. The van der Waals surface area contributed by atoms with Crippen molar-refractivity contribution in [1.29, 1.82) is 0 Å². The number of nitrogens with two attached hydrogens (primary N) is 1. The van der Waals surface area contributed by atoms with Crippen LogP contribution in [0.1, 0.15) is 18.5 Å². The summed E-state index contributed by atoms with van der Waals surface area (Å²) in [4.78, 5) is 6.15. The molecule has 1 aromatic rings. The van der Waals surface area contributed by atoms with E-state index in [4.69, 9.17) is 10.8 Å². The average molecular weight is 195 g/mol. The molecule has 1 atom stereocenters. The van der Waals surface area contributed by atoms with Crippen molar-refractivity contribution in [2.24, 2.45) is 5.73 Å². The number of nitrogens with zero attached hydrogens (tertiary/aromatic N) is 2. The van der Waals surface area contributed by atoms with Gasteiger partial charge in [-0.1, -0.05) is 6.07 Å². The molecule has 0 aliphatic rings. The van der Waals surface area contributed by atoms with Crippen LogP contribution in [0.4, 0.5) is 5.82 Å². The van der Waals surface area contributed by atoms with Gasteiger partial charge in [0, 0.05) is 31.4 Å². The standard InChI is InChI=1S/C10H17N3O/c1-8(11)9-4-3-5-12-10(9)13(2)6-7-14/h3-5,8,14H,6-7,11H2,1-2H3. The summed E-state index contributed by atoms with van der Waals surface area (Å²) in [5.74, 6) is 0.844. The molecule has 3 N–H and O–H groups in total. The molecule has 0 bridgehead atoms. The van der Waals surface area contributed by atoms with Gasteiger partial charge in [-0.15, -0.1) is 0 Å². The van der Waals surface area contributed by atoms with Gasteiger partial charge < -0.3 is 15.7 Å². The minimum Gasteiger partial charge on any atom is -0.395 e. The van der Waals surface area contributed by atoms with Crippen LogP contribution in [-0.2, 0) is 0 Å². The molecule has 0 saturated carbocycles. The Hall–Kier alpha value is -1.13. The van der Waals surface area contributed by atoms with Crippen LogP contribution in [0, 0.1) is 0 Å². The summed E-state index contributed by atoms with van der Waals surface area (Å²) >= 11 is 0. The molecule has 0 amide bonds. The number of aromatic nitrogens is 1. The summed E-state index contributed by atoms with van der Waals surface area (Å²) < 4.78 is 0. The summed E-state index contributed by atoms with van der Waals surface area (Å²) in [6.07, 6.45) is 1.73. The van der Waals surface area contributed by atoms with Gasteiger partial charge in [0.25, 0.3) is 0 Å². The van der Waals surface area contributed by atoms with E-state index in [0.29, 0.717) is 6.54 Å². The largest absolute Gasteiger partial charge is 0.395 e. The number of likely N-dealkylation sites (N-methyl/N-ethyl adjacent to an activating group) is 1. The number of anilines is 1. The third kappa shape index (κ3) is 2.43. The molecule has 1 unspecified atom stereocenters. The van der Waals surface area contributed by atoms with Crippen LogP contribution in [0.2, 0.25) is 0 Å². The molecule has 4 nitrogen and oxygen atoms in total. The van der Waals surface area contributed by atoms with Crippen molar-refractivity contribution in [3.8, 4) is 0 Å². The highest BCUT2D eigenvalue weighted by Gasteiger charge is 2.10. The number of hydrogen-bond acceptors (Lipinski definition) is 4. The lowest BCUT2D eigenvalue weighted by atomic mass is 10.1. The van der Waals surface area contributed by atoms with Crippen LogP contribution in [0.15, 0.2) is 18.3 Å². The number of aliphatic hydroxyl groups excluding tert-OH is 1. The summed E-state index contributed by atoms with van der Waals surface area (Å²) in [6, 6.07) is 3.79. The Bertz CT molecular complexity index is 288. The van der Waals surface area contributed by atoms with E-state index < -0.39 is 0 Å². The zero-order valence-electron chi connectivity index (χ0n) is 8.64.